The molecule has 0 aliphatic heterocycles. The van der Waals surface area contributed by atoms with Crippen molar-refractivity contribution < 1.29 is 4.42 Å². The van der Waals surface area contributed by atoms with E-state index < -0.39 is 0 Å². The summed E-state index contributed by atoms with van der Waals surface area (Å²) in [6, 6.07) is 48.2. The van der Waals surface area contributed by atoms with E-state index in [-0.39, 0.29) is 0 Å². The molecule has 0 fully saturated rings. The molecule has 0 spiro atoms. The van der Waals surface area contributed by atoms with Crippen LogP contribution in [0.1, 0.15) is 0 Å². The lowest BCUT2D eigenvalue weighted by molar-refractivity contribution is 0.625. The summed E-state index contributed by atoms with van der Waals surface area (Å²) in [6.45, 7) is 0. The van der Waals surface area contributed by atoms with E-state index >= 15 is 0 Å². The number of para-hydroxylation sites is 1. The van der Waals surface area contributed by atoms with E-state index in [1.807, 2.05) is 30.3 Å². The minimum absolute atomic E-state index is 0.512. The monoisotopic (exact) mass is 581 g/mol. The van der Waals surface area contributed by atoms with Gasteiger partial charge in [-0.25, -0.2) is 15.0 Å². The molecule has 206 valence electrons. The number of hydrogen-bond donors (Lipinski definition) is 0. The van der Waals surface area contributed by atoms with Crippen LogP contribution in [0.15, 0.2) is 144 Å². The molecule has 0 aliphatic carbocycles. The fourth-order valence-corrected chi connectivity index (χ4v) is 7.24. The SMILES string of the molecule is c1ccc2oc(-c3nc(-c4ccc(-c5cccc6ccccc56)cc4)nc(-c4cccc5c4sc4ccccc45)n3)cc2c1. The summed E-state index contributed by atoms with van der Waals surface area (Å²) in [6.07, 6.45) is 0. The molecule has 3 aromatic heterocycles. The van der Waals surface area contributed by atoms with Crippen LogP contribution < -0.4 is 0 Å². The van der Waals surface area contributed by atoms with Gasteiger partial charge in [-0.3, -0.25) is 0 Å². The third-order valence-corrected chi connectivity index (χ3v) is 9.39. The Balaban J connectivity index is 1.22. The van der Waals surface area contributed by atoms with Crippen molar-refractivity contribution in [2.75, 3.05) is 0 Å². The van der Waals surface area contributed by atoms with E-state index in [9.17, 15) is 0 Å². The lowest BCUT2D eigenvalue weighted by Gasteiger charge is -2.10. The molecule has 44 heavy (non-hydrogen) atoms. The summed E-state index contributed by atoms with van der Waals surface area (Å²) in [5, 5.41) is 5.91. The van der Waals surface area contributed by atoms with E-state index in [4.69, 9.17) is 19.4 Å². The first-order chi connectivity index (χ1) is 21.8. The maximum atomic E-state index is 6.24. The Morgan fingerprint density at radius 2 is 1.09 bits per heavy atom. The normalized spacial score (nSPS) is 11.6. The van der Waals surface area contributed by atoms with E-state index in [0.29, 0.717) is 23.2 Å². The van der Waals surface area contributed by atoms with Crippen LogP contribution in [0.25, 0.3) is 87.4 Å². The quantitative estimate of drug-likeness (QED) is 0.207. The molecule has 9 rings (SSSR count). The van der Waals surface area contributed by atoms with E-state index in [0.717, 1.165) is 32.4 Å². The highest BCUT2D eigenvalue weighted by Crippen LogP contribution is 2.40. The highest BCUT2D eigenvalue weighted by Gasteiger charge is 2.18. The zero-order valence-electron chi connectivity index (χ0n) is 23.4. The third kappa shape index (κ3) is 4.09. The Kier molecular flexibility index (Phi) is 5.64. The van der Waals surface area contributed by atoms with Gasteiger partial charge in [0.15, 0.2) is 23.2 Å². The van der Waals surface area contributed by atoms with Crippen LogP contribution in [0.4, 0.5) is 0 Å². The van der Waals surface area contributed by atoms with Gasteiger partial charge in [-0.15, -0.1) is 11.3 Å². The van der Waals surface area contributed by atoms with Crippen LogP contribution in [0.3, 0.4) is 0 Å². The number of benzene rings is 6. The van der Waals surface area contributed by atoms with Gasteiger partial charge in [0.05, 0.1) is 0 Å². The molecule has 0 unspecified atom stereocenters. The molecule has 0 N–H and O–H groups in total. The van der Waals surface area contributed by atoms with Crippen molar-refractivity contribution in [2.24, 2.45) is 0 Å². The first-order valence-corrected chi connectivity index (χ1v) is 15.3. The van der Waals surface area contributed by atoms with Crippen LogP contribution in [0.5, 0.6) is 0 Å². The molecule has 0 atom stereocenters. The summed E-state index contributed by atoms with van der Waals surface area (Å²) < 4.78 is 8.64. The van der Waals surface area contributed by atoms with Crippen molar-refractivity contribution in [1.82, 2.24) is 15.0 Å². The fourth-order valence-electron chi connectivity index (χ4n) is 6.03. The Morgan fingerprint density at radius 1 is 0.455 bits per heavy atom. The second-order valence-electron chi connectivity index (χ2n) is 10.8. The van der Waals surface area contributed by atoms with Crippen LogP contribution >= 0.6 is 11.3 Å². The van der Waals surface area contributed by atoms with Crippen molar-refractivity contribution in [2.45, 2.75) is 0 Å². The minimum Gasteiger partial charge on any atom is -0.453 e. The number of furan rings is 1. The first kappa shape index (κ1) is 24.9. The summed E-state index contributed by atoms with van der Waals surface area (Å²) >= 11 is 1.77. The highest BCUT2D eigenvalue weighted by atomic mass is 32.1. The summed E-state index contributed by atoms with van der Waals surface area (Å²) in [5.74, 6) is 2.36. The smallest absolute Gasteiger partial charge is 0.199 e. The molecule has 0 saturated carbocycles. The largest absolute Gasteiger partial charge is 0.453 e. The van der Waals surface area contributed by atoms with Gasteiger partial charge in [-0.05, 0) is 46.2 Å². The van der Waals surface area contributed by atoms with E-state index in [1.54, 1.807) is 11.3 Å². The molecule has 0 radical (unpaired) electrons. The van der Waals surface area contributed by atoms with Gasteiger partial charge in [-0.1, -0.05) is 115 Å². The fraction of sp³-hybridized carbons (Fsp3) is 0. The number of aromatic nitrogens is 3. The molecular formula is C39H23N3OS. The molecule has 5 heteroatoms. The summed E-state index contributed by atoms with van der Waals surface area (Å²) in [7, 11) is 0. The maximum absolute atomic E-state index is 6.24. The molecule has 0 saturated heterocycles. The Morgan fingerprint density at radius 3 is 1.98 bits per heavy atom. The van der Waals surface area contributed by atoms with Gasteiger partial charge in [0, 0.05) is 36.7 Å². The molecule has 4 nitrogen and oxygen atoms in total. The van der Waals surface area contributed by atoms with Crippen molar-refractivity contribution in [3.8, 4) is 45.5 Å². The van der Waals surface area contributed by atoms with Gasteiger partial charge >= 0.3 is 0 Å². The van der Waals surface area contributed by atoms with Gasteiger partial charge in [0.25, 0.3) is 0 Å². The third-order valence-electron chi connectivity index (χ3n) is 8.17. The highest BCUT2D eigenvalue weighted by molar-refractivity contribution is 7.26. The van der Waals surface area contributed by atoms with Crippen LogP contribution in [-0.2, 0) is 0 Å². The number of hydrogen-bond acceptors (Lipinski definition) is 5. The van der Waals surface area contributed by atoms with Gasteiger partial charge in [0.1, 0.15) is 5.58 Å². The predicted molar refractivity (Wildman–Crippen MR) is 182 cm³/mol. The van der Waals surface area contributed by atoms with Gasteiger partial charge < -0.3 is 4.42 Å². The Bertz CT molecular complexity index is 2470. The van der Waals surface area contributed by atoms with E-state index in [2.05, 4.69) is 109 Å². The zero-order valence-corrected chi connectivity index (χ0v) is 24.3. The second kappa shape index (κ2) is 9.97. The molecule has 3 heterocycles. The maximum Gasteiger partial charge on any atom is 0.199 e. The summed E-state index contributed by atoms with van der Waals surface area (Å²) in [4.78, 5) is 15.0. The molecular weight excluding hydrogens is 559 g/mol. The van der Waals surface area contributed by atoms with Crippen LogP contribution in [-0.4, -0.2) is 15.0 Å². The second-order valence-corrected chi connectivity index (χ2v) is 11.9. The molecule has 9 aromatic rings. The van der Waals surface area contributed by atoms with Crippen molar-refractivity contribution in [3.63, 3.8) is 0 Å². The van der Waals surface area contributed by atoms with Crippen LogP contribution in [0.2, 0.25) is 0 Å². The number of nitrogens with zero attached hydrogens (tertiary/aromatic N) is 3. The zero-order chi connectivity index (χ0) is 29.0. The molecule has 6 aromatic carbocycles. The molecule has 0 aliphatic rings. The van der Waals surface area contributed by atoms with E-state index in [1.165, 1.54) is 31.8 Å². The Labute approximate surface area is 256 Å². The lowest BCUT2D eigenvalue weighted by atomic mass is 9.97. The standard InChI is InChI=1S/C39H23N3OS/c1-3-12-28-24(9-1)11-7-14-29(28)25-19-21-26(22-20-25)37-40-38(42-39(41-37)34-23-27-10-2-5-17-33(27)43-34)32-16-8-15-31-30-13-4-6-18-35(30)44-36(31)32/h1-23H. The van der Waals surface area contributed by atoms with Crippen molar-refractivity contribution in [3.05, 3.63) is 140 Å². The average Bonchev–Trinajstić information content (AvgIpc) is 3.70. The summed E-state index contributed by atoms with van der Waals surface area (Å²) in [5.41, 5.74) is 5.05. The molecule has 0 bridgehead atoms. The number of rotatable bonds is 4. The number of thiophene rings is 1. The van der Waals surface area contributed by atoms with Crippen LogP contribution in [0, 0.1) is 0 Å². The predicted octanol–water partition coefficient (Wildman–Crippen LogP) is 10.8. The number of fused-ring (bicyclic) bond motifs is 5. The van der Waals surface area contributed by atoms with Crippen molar-refractivity contribution in [1.29, 1.82) is 0 Å². The Hall–Kier alpha value is -5.65. The minimum atomic E-state index is 0.512. The average molecular weight is 582 g/mol. The first-order valence-electron chi connectivity index (χ1n) is 14.5. The van der Waals surface area contributed by atoms with Crippen molar-refractivity contribution >= 4 is 53.3 Å². The topological polar surface area (TPSA) is 51.8 Å². The lowest BCUT2D eigenvalue weighted by Crippen LogP contribution is -1.99. The molecule has 0 amide bonds. The van der Waals surface area contributed by atoms with Gasteiger partial charge in [0.2, 0.25) is 0 Å². The van der Waals surface area contributed by atoms with Gasteiger partial charge in [-0.2, -0.15) is 0 Å².